The highest BCUT2D eigenvalue weighted by molar-refractivity contribution is 6.00. The Balaban J connectivity index is 0.000000893. The standard InChI is InChI=1S/C16H24O3.C15H28O2.C15H22O2.C11H20O.C5H12O/c1-15(2,3)14(17)11-8-9-12(13(10-11)18-7)19-16(4,5)6;2*1-14(2,3)13(16)11-7-9-12(10-8-11)17-15(4,5)6;1-11(2,3)10(12)9-7-5-4-6-8-9;1-5(2,3)6-4/h8-10H,1-7H3;11-12H,7-10H2,1-6H3;7-10H,1-6H3;9H,4-8H2,1-3H3;1-4H3. The third-order valence-electron chi connectivity index (χ3n) is 11.4. The summed E-state index contributed by atoms with van der Waals surface area (Å²) in [6, 6.07) is 12.7. The summed E-state index contributed by atoms with van der Waals surface area (Å²) in [6.07, 6.45) is 10.5. The molecule has 0 aliphatic heterocycles. The molecule has 0 spiro atoms. The summed E-state index contributed by atoms with van der Waals surface area (Å²) in [7, 11) is 3.29. The van der Waals surface area contributed by atoms with E-state index in [0.29, 0.717) is 40.7 Å². The molecular formula is C62H106O9. The average molecular weight is 996 g/mol. The fourth-order valence-corrected chi connectivity index (χ4v) is 7.65. The fraction of sp³-hybridized carbons (Fsp3) is 0.742. The Kier molecular flexibility index (Phi) is 26.3. The van der Waals surface area contributed by atoms with Crippen LogP contribution in [0.2, 0.25) is 0 Å². The van der Waals surface area contributed by atoms with E-state index in [1.54, 1.807) is 32.4 Å². The predicted octanol–water partition coefficient (Wildman–Crippen LogP) is 16.8. The molecule has 4 rings (SSSR count). The lowest BCUT2D eigenvalue weighted by atomic mass is 9.75. The van der Waals surface area contributed by atoms with Crippen LogP contribution in [0.5, 0.6) is 17.2 Å². The molecule has 2 aliphatic carbocycles. The number of carbonyl (C=O) groups excluding carboxylic acids is 4. The van der Waals surface area contributed by atoms with Crippen LogP contribution in [0.4, 0.5) is 0 Å². The van der Waals surface area contributed by atoms with Crippen LogP contribution < -0.4 is 14.2 Å². The van der Waals surface area contributed by atoms with Crippen molar-refractivity contribution in [2.24, 2.45) is 33.5 Å². The van der Waals surface area contributed by atoms with Gasteiger partial charge in [0, 0.05) is 51.7 Å². The first-order valence-corrected chi connectivity index (χ1v) is 26.4. The van der Waals surface area contributed by atoms with Gasteiger partial charge in [-0.1, -0.05) is 102 Å². The summed E-state index contributed by atoms with van der Waals surface area (Å²) in [6.45, 7) is 47.9. The number of carbonyl (C=O) groups is 4. The van der Waals surface area contributed by atoms with Crippen molar-refractivity contribution in [3.63, 3.8) is 0 Å². The molecule has 0 aromatic heterocycles. The molecule has 2 fully saturated rings. The summed E-state index contributed by atoms with van der Waals surface area (Å²) in [5.41, 5.74) is -0.220. The number of ketones is 4. The van der Waals surface area contributed by atoms with Gasteiger partial charge in [0.2, 0.25) is 0 Å². The largest absolute Gasteiger partial charge is 0.493 e. The number of hydrogen-bond acceptors (Lipinski definition) is 9. The van der Waals surface area contributed by atoms with Crippen molar-refractivity contribution in [3.8, 4) is 17.2 Å². The van der Waals surface area contributed by atoms with Gasteiger partial charge in [0.05, 0.1) is 24.4 Å². The lowest BCUT2D eigenvalue weighted by molar-refractivity contribution is -0.134. The van der Waals surface area contributed by atoms with Gasteiger partial charge in [-0.05, 0) is 164 Å². The zero-order chi connectivity index (χ0) is 55.8. The van der Waals surface area contributed by atoms with Crippen molar-refractivity contribution >= 4 is 23.1 Å². The van der Waals surface area contributed by atoms with Crippen molar-refractivity contribution in [2.45, 2.75) is 252 Å². The summed E-state index contributed by atoms with van der Waals surface area (Å²) in [5.74, 6) is 3.81. The van der Waals surface area contributed by atoms with Crippen LogP contribution in [0, 0.1) is 33.5 Å². The molecule has 0 bridgehead atoms. The topological polar surface area (TPSA) is 114 Å². The van der Waals surface area contributed by atoms with Crippen LogP contribution in [0.25, 0.3) is 0 Å². The zero-order valence-corrected chi connectivity index (χ0v) is 50.3. The predicted molar refractivity (Wildman–Crippen MR) is 297 cm³/mol. The third kappa shape index (κ3) is 29.1. The zero-order valence-electron chi connectivity index (χ0n) is 50.3. The van der Waals surface area contributed by atoms with E-state index in [-0.39, 0.29) is 56.1 Å². The lowest BCUT2D eigenvalue weighted by Crippen LogP contribution is -2.35. The van der Waals surface area contributed by atoms with Gasteiger partial charge < -0.3 is 23.7 Å². The van der Waals surface area contributed by atoms with Crippen molar-refractivity contribution in [1.82, 2.24) is 0 Å². The van der Waals surface area contributed by atoms with E-state index < -0.39 is 5.41 Å². The number of Topliss-reactive ketones (excluding diaryl/α,β-unsaturated/α-hetero) is 4. The molecule has 2 saturated carbocycles. The van der Waals surface area contributed by atoms with Gasteiger partial charge in [0.25, 0.3) is 0 Å². The van der Waals surface area contributed by atoms with Gasteiger partial charge in [-0.2, -0.15) is 0 Å². The monoisotopic (exact) mass is 995 g/mol. The van der Waals surface area contributed by atoms with E-state index in [9.17, 15) is 19.2 Å². The Labute approximate surface area is 435 Å². The molecule has 2 aromatic rings. The minimum atomic E-state index is -0.405. The molecule has 0 unspecified atom stereocenters. The van der Waals surface area contributed by atoms with Crippen LogP contribution in [0.3, 0.4) is 0 Å². The van der Waals surface area contributed by atoms with Gasteiger partial charge in [-0.25, -0.2) is 0 Å². The molecule has 0 heterocycles. The van der Waals surface area contributed by atoms with E-state index >= 15 is 0 Å². The van der Waals surface area contributed by atoms with Gasteiger partial charge in [-0.15, -0.1) is 0 Å². The molecule has 0 radical (unpaired) electrons. The highest BCUT2D eigenvalue weighted by Gasteiger charge is 2.34. The van der Waals surface area contributed by atoms with Crippen molar-refractivity contribution in [2.75, 3.05) is 14.2 Å². The van der Waals surface area contributed by atoms with E-state index in [4.69, 9.17) is 23.7 Å². The molecule has 9 heteroatoms. The SMILES string of the molecule is CC(C)(C)C(=O)C1CCCCC1.CC(C)(C)OC1CCC(C(=O)C(C)(C)C)CC1.CC(C)(C)Oc1ccc(C(=O)C(C)(C)C)cc1.COC(C)(C)C.COc1cc(C(=O)C(C)(C)C)ccc1OC(C)(C)C. The van der Waals surface area contributed by atoms with E-state index in [2.05, 4.69) is 20.8 Å². The highest BCUT2D eigenvalue weighted by Crippen LogP contribution is 2.36. The minimum Gasteiger partial charge on any atom is -0.493 e. The second-order valence-electron chi connectivity index (χ2n) is 27.6. The summed E-state index contributed by atoms with van der Waals surface area (Å²) in [5, 5.41) is 0. The summed E-state index contributed by atoms with van der Waals surface area (Å²) in [4.78, 5) is 48.2. The second kappa shape index (κ2) is 27.7. The quantitative estimate of drug-likeness (QED) is 0.239. The van der Waals surface area contributed by atoms with Gasteiger partial charge in [-0.3, -0.25) is 19.2 Å². The molecule has 0 saturated heterocycles. The number of rotatable bonds is 8. The maximum atomic E-state index is 12.2. The summed E-state index contributed by atoms with van der Waals surface area (Å²) < 4.78 is 27.8. The van der Waals surface area contributed by atoms with Crippen LogP contribution >= 0.6 is 0 Å². The number of hydrogen-bond donors (Lipinski definition) is 0. The Morgan fingerprint density at radius 2 is 0.789 bits per heavy atom. The smallest absolute Gasteiger partial charge is 0.168 e. The van der Waals surface area contributed by atoms with Crippen LogP contribution in [-0.2, 0) is 19.1 Å². The molecule has 0 N–H and O–H groups in total. The third-order valence-corrected chi connectivity index (χ3v) is 11.4. The molecule has 2 aliphatic rings. The van der Waals surface area contributed by atoms with Gasteiger partial charge >= 0.3 is 0 Å². The second-order valence-corrected chi connectivity index (χ2v) is 27.6. The maximum Gasteiger partial charge on any atom is 0.168 e. The number of ether oxygens (including phenoxy) is 5. The first-order valence-electron chi connectivity index (χ1n) is 26.4. The van der Waals surface area contributed by atoms with Crippen LogP contribution in [-0.4, -0.2) is 65.9 Å². The van der Waals surface area contributed by atoms with Crippen molar-refractivity contribution in [3.05, 3.63) is 53.6 Å². The highest BCUT2D eigenvalue weighted by atomic mass is 16.5. The number of methoxy groups -OCH3 is 2. The molecular weight excluding hydrogens is 889 g/mol. The van der Waals surface area contributed by atoms with Crippen LogP contribution in [0.1, 0.15) is 245 Å². The Morgan fingerprint density at radius 3 is 1.13 bits per heavy atom. The van der Waals surface area contributed by atoms with E-state index in [1.807, 2.05) is 170 Å². The van der Waals surface area contributed by atoms with E-state index in [1.165, 1.54) is 19.3 Å². The molecule has 9 nitrogen and oxygen atoms in total. The number of benzene rings is 2. The Bertz CT molecular complexity index is 1900. The van der Waals surface area contributed by atoms with Crippen LogP contribution in [0.15, 0.2) is 42.5 Å². The Morgan fingerprint density at radius 1 is 0.408 bits per heavy atom. The summed E-state index contributed by atoms with van der Waals surface area (Å²) >= 11 is 0. The first kappa shape index (κ1) is 67.4. The maximum absolute atomic E-state index is 12.2. The van der Waals surface area contributed by atoms with Gasteiger partial charge in [0.1, 0.15) is 28.5 Å². The lowest BCUT2D eigenvalue weighted by Gasteiger charge is -2.34. The molecule has 71 heavy (non-hydrogen) atoms. The fourth-order valence-electron chi connectivity index (χ4n) is 7.65. The Hall–Kier alpha value is -3.56. The average Bonchev–Trinajstić information content (AvgIpc) is 3.21. The van der Waals surface area contributed by atoms with Crippen molar-refractivity contribution < 1.29 is 42.9 Å². The van der Waals surface area contributed by atoms with E-state index in [0.717, 1.165) is 49.8 Å². The first-order chi connectivity index (χ1) is 31.8. The minimum absolute atomic E-state index is 0.0417. The normalized spacial score (nSPS) is 17.2. The molecule has 0 amide bonds. The molecule has 0 atom stereocenters. The van der Waals surface area contributed by atoms with Crippen molar-refractivity contribution in [1.29, 1.82) is 0 Å². The molecule has 408 valence electrons. The van der Waals surface area contributed by atoms with Gasteiger partial charge in [0.15, 0.2) is 23.1 Å². The molecule has 2 aromatic carbocycles.